The van der Waals surface area contributed by atoms with Gasteiger partial charge in [-0.05, 0) is 55.0 Å². The maximum absolute atomic E-state index is 11.3. The fourth-order valence-electron chi connectivity index (χ4n) is 4.15. The number of rotatable bonds is 13. The lowest BCUT2D eigenvalue weighted by Crippen LogP contribution is -2.05. The molecule has 164 valence electrons. The van der Waals surface area contributed by atoms with Gasteiger partial charge in [0, 0.05) is 28.9 Å². The van der Waals surface area contributed by atoms with E-state index in [2.05, 4.69) is 43.4 Å². The molecule has 1 aromatic heterocycles. The second-order valence-electron chi connectivity index (χ2n) is 8.41. The molecule has 1 heterocycles. The van der Waals surface area contributed by atoms with E-state index >= 15 is 0 Å². The monoisotopic (exact) mass is 416 g/mol. The van der Waals surface area contributed by atoms with Crippen molar-refractivity contribution < 1.29 is 4.79 Å². The Morgan fingerprint density at radius 3 is 2.42 bits per heavy atom. The second-order valence-corrected chi connectivity index (χ2v) is 8.41. The molecule has 0 amide bonds. The number of para-hydroxylation sites is 2. The number of pyridine rings is 1. The molecule has 31 heavy (non-hydrogen) atoms. The number of aldehydes is 1. The molecule has 0 fully saturated rings. The van der Waals surface area contributed by atoms with E-state index in [9.17, 15) is 4.79 Å². The van der Waals surface area contributed by atoms with Crippen LogP contribution in [0.3, 0.4) is 0 Å². The third kappa shape index (κ3) is 6.40. The molecule has 0 aliphatic heterocycles. The fourth-order valence-corrected chi connectivity index (χ4v) is 4.15. The van der Waals surface area contributed by atoms with Crippen molar-refractivity contribution in [3.63, 3.8) is 0 Å². The summed E-state index contributed by atoms with van der Waals surface area (Å²) >= 11 is 0. The highest BCUT2D eigenvalue weighted by Gasteiger charge is 2.11. The minimum atomic E-state index is 0.652. The van der Waals surface area contributed by atoms with E-state index in [1.165, 1.54) is 67.2 Å². The molecule has 3 nitrogen and oxygen atoms in total. The largest absolute Gasteiger partial charge is 0.380 e. The van der Waals surface area contributed by atoms with Crippen molar-refractivity contribution in [1.82, 2.24) is 4.98 Å². The predicted octanol–water partition coefficient (Wildman–Crippen LogP) is 7.51. The number of anilines is 1. The van der Waals surface area contributed by atoms with E-state index in [-0.39, 0.29) is 0 Å². The molecule has 0 radical (unpaired) electrons. The van der Waals surface area contributed by atoms with Crippen molar-refractivity contribution in [3.05, 3.63) is 70.9 Å². The van der Waals surface area contributed by atoms with Gasteiger partial charge in [-0.15, -0.1) is 0 Å². The van der Waals surface area contributed by atoms with E-state index in [0.717, 1.165) is 30.3 Å². The average molecular weight is 417 g/mol. The first-order valence-electron chi connectivity index (χ1n) is 11.9. The lowest BCUT2D eigenvalue weighted by molar-refractivity contribution is 0.112. The summed E-state index contributed by atoms with van der Waals surface area (Å²) in [5.41, 5.74) is 6.52. The van der Waals surface area contributed by atoms with Gasteiger partial charge in [-0.25, -0.2) is 0 Å². The van der Waals surface area contributed by atoms with Crippen LogP contribution in [-0.2, 0) is 19.4 Å². The summed E-state index contributed by atoms with van der Waals surface area (Å²) in [5, 5.41) is 4.65. The van der Waals surface area contributed by atoms with Crippen molar-refractivity contribution in [2.24, 2.45) is 0 Å². The van der Waals surface area contributed by atoms with Crippen molar-refractivity contribution in [2.45, 2.75) is 78.2 Å². The number of benzene rings is 2. The van der Waals surface area contributed by atoms with Crippen LogP contribution >= 0.6 is 0 Å². The Balaban J connectivity index is 1.86. The van der Waals surface area contributed by atoms with Gasteiger partial charge in [0.25, 0.3) is 0 Å². The van der Waals surface area contributed by atoms with Gasteiger partial charge in [0.15, 0.2) is 6.29 Å². The molecule has 0 aliphatic carbocycles. The van der Waals surface area contributed by atoms with Crippen molar-refractivity contribution in [2.75, 3.05) is 5.32 Å². The van der Waals surface area contributed by atoms with Crippen LogP contribution in [0.15, 0.2) is 48.5 Å². The zero-order chi connectivity index (χ0) is 21.9. The number of unbranched alkanes of at least 4 members (excludes halogenated alkanes) is 5. The molecule has 2 aromatic carbocycles. The molecule has 0 saturated heterocycles. The smallest absolute Gasteiger partial charge is 0.152 e. The number of fused-ring (bicyclic) bond motifs is 1. The number of nitrogens with zero attached hydrogens (tertiary/aromatic N) is 1. The lowest BCUT2D eigenvalue weighted by Gasteiger charge is -2.14. The number of carbonyl (C=O) groups excluding carboxylic acids is 1. The van der Waals surface area contributed by atoms with Crippen molar-refractivity contribution >= 4 is 22.9 Å². The summed E-state index contributed by atoms with van der Waals surface area (Å²) in [7, 11) is 0. The summed E-state index contributed by atoms with van der Waals surface area (Å²) in [6.07, 6.45) is 11.9. The third-order valence-corrected chi connectivity index (χ3v) is 5.97. The molecule has 3 rings (SSSR count). The number of hydrogen-bond donors (Lipinski definition) is 1. The van der Waals surface area contributed by atoms with E-state index in [4.69, 9.17) is 4.98 Å². The Hall–Kier alpha value is -2.68. The van der Waals surface area contributed by atoms with Crippen molar-refractivity contribution in [3.8, 4) is 0 Å². The van der Waals surface area contributed by atoms with E-state index < -0.39 is 0 Å². The van der Waals surface area contributed by atoms with Crippen LogP contribution in [0.2, 0.25) is 0 Å². The van der Waals surface area contributed by atoms with Gasteiger partial charge in [0.2, 0.25) is 0 Å². The Morgan fingerprint density at radius 2 is 1.61 bits per heavy atom. The van der Waals surface area contributed by atoms with Crippen LogP contribution in [0.25, 0.3) is 10.9 Å². The minimum Gasteiger partial charge on any atom is -0.380 e. The zero-order valence-electron chi connectivity index (χ0n) is 19.1. The first-order chi connectivity index (χ1) is 15.3. The molecule has 3 heteroatoms. The standard InChI is InChI=1S/C28H36N2O/c1-3-5-7-9-18-27-22(13-8-6-4-2)19-23-15-12-16-24(28(23)30-27)20-29-26-17-11-10-14-25(26)21-31/h10-12,14-17,19,21,29H,3-9,13,18,20H2,1-2H3. The highest BCUT2D eigenvalue weighted by atomic mass is 16.1. The number of aromatic nitrogens is 1. The van der Waals surface area contributed by atoms with Gasteiger partial charge in [0.05, 0.1) is 5.52 Å². The lowest BCUT2D eigenvalue weighted by atomic mass is 9.98. The average Bonchev–Trinajstić information content (AvgIpc) is 2.80. The molecule has 0 aliphatic rings. The van der Waals surface area contributed by atoms with Gasteiger partial charge in [-0.1, -0.05) is 76.3 Å². The molecule has 0 saturated carbocycles. The quantitative estimate of drug-likeness (QED) is 0.231. The Labute approximate surface area is 187 Å². The van der Waals surface area contributed by atoms with Crippen LogP contribution in [0.1, 0.15) is 86.0 Å². The van der Waals surface area contributed by atoms with Crippen LogP contribution in [0.4, 0.5) is 5.69 Å². The predicted molar refractivity (Wildman–Crippen MR) is 132 cm³/mol. The molecule has 0 spiro atoms. The number of hydrogen-bond acceptors (Lipinski definition) is 3. The van der Waals surface area contributed by atoms with Gasteiger partial charge in [0.1, 0.15) is 0 Å². The van der Waals surface area contributed by atoms with Crippen LogP contribution in [0, 0.1) is 0 Å². The SMILES string of the molecule is CCCCCCc1nc2c(CNc3ccccc3C=O)cccc2cc1CCCCC. The highest BCUT2D eigenvalue weighted by molar-refractivity contribution is 5.85. The van der Waals surface area contributed by atoms with E-state index in [1.54, 1.807) is 0 Å². The maximum atomic E-state index is 11.3. The molecule has 0 unspecified atom stereocenters. The summed E-state index contributed by atoms with van der Waals surface area (Å²) < 4.78 is 0. The number of carbonyl (C=O) groups is 1. The molecule has 3 aromatic rings. The second kappa shape index (κ2) is 12.2. The third-order valence-electron chi connectivity index (χ3n) is 5.97. The Morgan fingerprint density at radius 1 is 0.839 bits per heavy atom. The van der Waals surface area contributed by atoms with Crippen LogP contribution in [-0.4, -0.2) is 11.3 Å². The van der Waals surface area contributed by atoms with Crippen LogP contribution < -0.4 is 5.32 Å². The summed E-state index contributed by atoms with van der Waals surface area (Å²) in [4.78, 5) is 16.5. The Bertz CT molecular complexity index is 980. The summed E-state index contributed by atoms with van der Waals surface area (Å²) in [6.45, 7) is 5.17. The Kier molecular flexibility index (Phi) is 9.08. The topological polar surface area (TPSA) is 42.0 Å². The molecular formula is C28H36N2O. The first kappa shape index (κ1) is 23.0. The highest BCUT2D eigenvalue weighted by Crippen LogP contribution is 2.24. The van der Waals surface area contributed by atoms with E-state index in [0.29, 0.717) is 12.1 Å². The van der Waals surface area contributed by atoms with Crippen LogP contribution in [0.5, 0.6) is 0 Å². The summed E-state index contributed by atoms with van der Waals surface area (Å²) in [6, 6.07) is 16.4. The van der Waals surface area contributed by atoms with Gasteiger partial charge in [-0.2, -0.15) is 0 Å². The van der Waals surface area contributed by atoms with Gasteiger partial charge >= 0.3 is 0 Å². The molecular weight excluding hydrogens is 380 g/mol. The molecule has 0 atom stereocenters. The normalized spacial score (nSPS) is 11.0. The fraction of sp³-hybridized carbons (Fsp3) is 0.429. The maximum Gasteiger partial charge on any atom is 0.152 e. The minimum absolute atomic E-state index is 0.652. The van der Waals surface area contributed by atoms with Gasteiger partial charge < -0.3 is 5.32 Å². The molecule has 0 bridgehead atoms. The molecule has 1 N–H and O–H groups in total. The number of aryl methyl sites for hydroxylation is 2. The van der Waals surface area contributed by atoms with Crippen molar-refractivity contribution in [1.29, 1.82) is 0 Å². The number of nitrogens with one attached hydrogen (secondary N) is 1. The first-order valence-corrected chi connectivity index (χ1v) is 11.9. The zero-order valence-corrected chi connectivity index (χ0v) is 19.1. The van der Waals surface area contributed by atoms with E-state index in [1.807, 2.05) is 24.3 Å². The van der Waals surface area contributed by atoms with Gasteiger partial charge in [-0.3, -0.25) is 9.78 Å². The summed E-state index contributed by atoms with van der Waals surface area (Å²) in [5.74, 6) is 0.